The lowest BCUT2D eigenvalue weighted by Gasteiger charge is -2.34. The molecule has 20 heavy (non-hydrogen) atoms. The predicted octanol–water partition coefficient (Wildman–Crippen LogP) is 1.89. The van der Waals surface area contributed by atoms with Crippen LogP contribution in [0.5, 0.6) is 5.75 Å². The topological polar surface area (TPSA) is 49.8 Å². The van der Waals surface area contributed by atoms with Gasteiger partial charge in [0.25, 0.3) is 0 Å². The Morgan fingerprint density at radius 2 is 2.15 bits per heavy atom. The minimum Gasteiger partial charge on any atom is -0.496 e. The normalized spacial score (nSPS) is 21.6. The molecule has 110 valence electrons. The van der Waals surface area contributed by atoms with E-state index >= 15 is 0 Å². The quantitative estimate of drug-likeness (QED) is 0.807. The van der Waals surface area contributed by atoms with Crippen LogP contribution in [0.1, 0.15) is 28.8 Å². The minimum absolute atomic E-state index is 0.0734. The van der Waals surface area contributed by atoms with Crippen molar-refractivity contribution in [1.82, 2.24) is 4.90 Å². The van der Waals surface area contributed by atoms with Crippen molar-refractivity contribution < 1.29 is 14.6 Å². The number of rotatable bonds is 6. The summed E-state index contributed by atoms with van der Waals surface area (Å²) >= 11 is 0. The maximum absolute atomic E-state index is 12.3. The van der Waals surface area contributed by atoms with Crippen LogP contribution in [0.2, 0.25) is 0 Å². The van der Waals surface area contributed by atoms with Crippen molar-refractivity contribution in [2.75, 3.05) is 27.2 Å². The monoisotopic (exact) mass is 277 g/mol. The van der Waals surface area contributed by atoms with Crippen molar-refractivity contribution in [2.24, 2.45) is 5.92 Å². The molecule has 0 radical (unpaired) electrons. The highest BCUT2D eigenvalue weighted by Gasteiger charge is 2.28. The summed E-state index contributed by atoms with van der Waals surface area (Å²) in [5.74, 6) is 1.23. The maximum Gasteiger partial charge on any atom is 0.180 e. The molecule has 0 atom stereocenters. The van der Waals surface area contributed by atoms with E-state index in [9.17, 15) is 9.90 Å². The Labute approximate surface area is 120 Å². The lowest BCUT2D eigenvalue weighted by Crippen LogP contribution is -2.38. The molecule has 1 aliphatic carbocycles. The van der Waals surface area contributed by atoms with Crippen molar-refractivity contribution in [3.05, 3.63) is 29.3 Å². The summed E-state index contributed by atoms with van der Waals surface area (Å²) in [7, 11) is 3.54. The lowest BCUT2D eigenvalue weighted by atomic mass is 9.82. The van der Waals surface area contributed by atoms with Crippen molar-refractivity contribution >= 4 is 5.78 Å². The number of aliphatic hydroxyl groups is 1. The highest BCUT2D eigenvalue weighted by molar-refractivity contribution is 6.00. The van der Waals surface area contributed by atoms with Crippen LogP contribution < -0.4 is 4.74 Å². The van der Waals surface area contributed by atoms with Crippen LogP contribution in [0.3, 0.4) is 0 Å². The van der Waals surface area contributed by atoms with E-state index in [0.717, 1.165) is 24.9 Å². The van der Waals surface area contributed by atoms with Crippen LogP contribution in [0.15, 0.2) is 18.2 Å². The van der Waals surface area contributed by atoms with Gasteiger partial charge in [-0.1, -0.05) is 6.07 Å². The van der Waals surface area contributed by atoms with E-state index in [4.69, 9.17) is 4.74 Å². The Kier molecular flexibility index (Phi) is 4.78. The zero-order valence-electron chi connectivity index (χ0n) is 12.4. The predicted molar refractivity (Wildman–Crippen MR) is 78.3 cm³/mol. The van der Waals surface area contributed by atoms with Gasteiger partial charge in [-0.15, -0.1) is 0 Å². The van der Waals surface area contributed by atoms with E-state index < -0.39 is 0 Å². The molecule has 2 rings (SSSR count). The number of Topliss-reactive ketones (excluding diaryl/α,β-unsaturated/α-hetero) is 1. The second-order valence-corrected chi connectivity index (χ2v) is 5.81. The summed E-state index contributed by atoms with van der Waals surface area (Å²) < 4.78 is 5.28. The fourth-order valence-electron chi connectivity index (χ4n) is 2.71. The standard InChI is InChI=1S/C16H23NO3/c1-11-4-5-14(16(6-11)20-3)15(19)10-17(2)9-12-7-13(18)8-12/h4-6,12-13,18H,7-10H2,1-3H3. The molecule has 1 aromatic carbocycles. The Morgan fingerprint density at radius 3 is 2.75 bits per heavy atom. The number of aryl methyl sites for hydroxylation is 1. The number of likely N-dealkylation sites (N-methyl/N-ethyl adjacent to an activating group) is 1. The molecule has 4 nitrogen and oxygen atoms in total. The average molecular weight is 277 g/mol. The SMILES string of the molecule is COc1cc(C)ccc1C(=O)CN(C)CC1CC(O)C1. The summed E-state index contributed by atoms with van der Waals surface area (Å²) in [6, 6.07) is 5.64. The fourth-order valence-corrected chi connectivity index (χ4v) is 2.71. The molecular weight excluding hydrogens is 254 g/mol. The van der Waals surface area contributed by atoms with Crippen LogP contribution in [0, 0.1) is 12.8 Å². The van der Waals surface area contributed by atoms with E-state index in [0.29, 0.717) is 23.8 Å². The van der Waals surface area contributed by atoms with Gasteiger partial charge in [-0.25, -0.2) is 0 Å². The van der Waals surface area contributed by atoms with Crippen LogP contribution in [-0.4, -0.2) is 49.1 Å². The van der Waals surface area contributed by atoms with Crippen molar-refractivity contribution in [2.45, 2.75) is 25.9 Å². The zero-order valence-corrected chi connectivity index (χ0v) is 12.4. The average Bonchev–Trinajstić information content (AvgIpc) is 2.36. The molecule has 0 bridgehead atoms. The second kappa shape index (κ2) is 6.37. The summed E-state index contributed by atoms with van der Waals surface area (Å²) in [5.41, 5.74) is 1.72. The molecule has 4 heteroatoms. The van der Waals surface area contributed by atoms with E-state index in [1.165, 1.54) is 0 Å². The van der Waals surface area contributed by atoms with Gasteiger partial charge in [0, 0.05) is 6.54 Å². The Morgan fingerprint density at radius 1 is 1.45 bits per heavy atom. The first kappa shape index (κ1) is 15.0. The number of carbonyl (C=O) groups is 1. The summed E-state index contributed by atoms with van der Waals surface area (Å²) in [4.78, 5) is 14.4. The smallest absolute Gasteiger partial charge is 0.180 e. The largest absolute Gasteiger partial charge is 0.496 e. The number of benzene rings is 1. The first-order valence-electron chi connectivity index (χ1n) is 7.04. The van der Waals surface area contributed by atoms with Crippen LogP contribution in [0.25, 0.3) is 0 Å². The Hall–Kier alpha value is -1.39. The van der Waals surface area contributed by atoms with Gasteiger partial charge in [0.15, 0.2) is 5.78 Å². The van der Waals surface area contributed by atoms with Crippen molar-refractivity contribution in [3.8, 4) is 5.75 Å². The summed E-state index contributed by atoms with van der Waals surface area (Å²) in [6.45, 7) is 3.22. The Balaban J connectivity index is 1.94. The molecule has 0 aromatic heterocycles. The van der Waals surface area contributed by atoms with Gasteiger partial charge >= 0.3 is 0 Å². The molecule has 0 aliphatic heterocycles. The van der Waals surface area contributed by atoms with E-state index in [1.807, 2.05) is 37.1 Å². The number of ketones is 1. The number of aliphatic hydroxyl groups excluding tert-OH is 1. The number of hydrogen-bond acceptors (Lipinski definition) is 4. The molecule has 0 saturated heterocycles. The Bertz CT molecular complexity index is 481. The highest BCUT2D eigenvalue weighted by atomic mass is 16.5. The van der Waals surface area contributed by atoms with E-state index in [-0.39, 0.29) is 11.9 Å². The summed E-state index contributed by atoms with van der Waals surface area (Å²) in [6.07, 6.45) is 1.57. The minimum atomic E-state index is -0.138. The molecule has 1 N–H and O–H groups in total. The van der Waals surface area contributed by atoms with Gasteiger partial charge < -0.3 is 9.84 Å². The molecule has 0 amide bonds. The molecular formula is C16H23NO3. The van der Waals surface area contributed by atoms with Gasteiger partial charge in [-0.2, -0.15) is 0 Å². The number of carbonyl (C=O) groups excluding carboxylic acids is 1. The number of hydrogen-bond donors (Lipinski definition) is 1. The number of methoxy groups -OCH3 is 1. The van der Waals surface area contributed by atoms with E-state index in [2.05, 4.69) is 0 Å². The highest BCUT2D eigenvalue weighted by Crippen LogP contribution is 2.27. The molecule has 1 fully saturated rings. The van der Waals surface area contributed by atoms with Gasteiger partial charge in [0.2, 0.25) is 0 Å². The van der Waals surface area contributed by atoms with E-state index in [1.54, 1.807) is 7.11 Å². The molecule has 0 heterocycles. The molecule has 1 aromatic rings. The first-order chi connectivity index (χ1) is 9.49. The number of nitrogens with zero attached hydrogens (tertiary/aromatic N) is 1. The molecule has 0 unspecified atom stereocenters. The van der Waals surface area contributed by atoms with Gasteiger partial charge in [0.05, 0.1) is 25.3 Å². The third-order valence-corrected chi connectivity index (χ3v) is 3.85. The van der Waals surface area contributed by atoms with Gasteiger partial charge in [-0.05, 0) is 50.4 Å². The van der Waals surface area contributed by atoms with Crippen LogP contribution >= 0.6 is 0 Å². The third kappa shape index (κ3) is 3.58. The molecule has 1 saturated carbocycles. The summed E-state index contributed by atoms with van der Waals surface area (Å²) in [5, 5.41) is 9.28. The molecule has 0 spiro atoms. The van der Waals surface area contributed by atoms with Gasteiger partial charge in [-0.3, -0.25) is 9.69 Å². The van der Waals surface area contributed by atoms with Crippen LogP contribution in [-0.2, 0) is 0 Å². The lowest BCUT2D eigenvalue weighted by molar-refractivity contribution is 0.0286. The van der Waals surface area contributed by atoms with Crippen molar-refractivity contribution in [3.63, 3.8) is 0 Å². The number of ether oxygens (including phenoxy) is 1. The van der Waals surface area contributed by atoms with Crippen LogP contribution in [0.4, 0.5) is 0 Å². The maximum atomic E-state index is 12.3. The second-order valence-electron chi connectivity index (χ2n) is 5.81. The molecule has 1 aliphatic rings. The van der Waals surface area contributed by atoms with Crippen molar-refractivity contribution in [1.29, 1.82) is 0 Å². The van der Waals surface area contributed by atoms with Gasteiger partial charge in [0.1, 0.15) is 5.75 Å². The first-order valence-corrected chi connectivity index (χ1v) is 7.04. The third-order valence-electron chi connectivity index (χ3n) is 3.85. The zero-order chi connectivity index (χ0) is 14.7. The fraction of sp³-hybridized carbons (Fsp3) is 0.562.